The number of hydrogen-bond acceptors (Lipinski definition) is 3. The van der Waals surface area contributed by atoms with E-state index < -0.39 is 10.0 Å². The van der Waals surface area contributed by atoms with Crippen LogP contribution in [0.25, 0.3) is 0 Å². The predicted octanol–water partition coefficient (Wildman–Crippen LogP) is 5.72. The summed E-state index contributed by atoms with van der Waals surface area (Å²) in [6, 6.07) is 13.2. The van der Waals surface area contributed by atoms with Crippen LogP contribution in [0.3, 0.4) is 0 Å². The molecule has 1 atom stereocenters. The Hall–Kier alpha value is -2.34. The summed E-state index contributed by atoms with van der Waals surface area (Å²) in [6.45, 7) is 9.35. The van der Waals surface area contributed by atoms with Gasteiger partial charge >= 0.3 is 0 Å². The Bertz CT molecular complexity index is 978. The van der Waals surface area contributed by atoms with Crippen LogP contribution in [0, 0.1) is 5.92 Å². The molecule has 182 valence electrons. The molecule has 6 heteroatoms. The molecular formula is C27H40N2O3S. The molecule has 5 nitrogen and oxygen atoms in total. The molecule has 0 aromatic heterocycles. The molecule has 2 aromatic rings. The number of sulfonamides is 1. The highest BCUT2D eigenvalue weighted by atomic mass is 32.2. The zero-order chi connectivity index (χ0) is 24.4. The van der Waals surface area contributed by atoms with E-state index in [1.807, 2.05) is 44.2 Å². The molecule has 0 saturated carbocycles. The maximum Gasteiger partial charge on any atom is 0.251 e. The molecule has 0 aliphatic heterocycles. The Morgan fingerprint density at radius 1 is 0.970 bits per heavy atom. The van der Waals surface area contributed by atoms with Crippen molar-refractivity contribution in [3.05, 3.63) is 64.7 Å². The van der Waals surface area contributed by atoms with Crippen molar-refractivity contribution in [1.82, 2.24) is 5.32 Å². The van der Waals surface area contributed by atoms with E-state index in [9.17, 15) is 13.2 Å². The summed E-state index contributed by atoms with van der Waals surface area (Å²) in [6.07, 6.45) is 7.30. The second-order valence-corrected chi connectivity index (χ2v) is 10.6. The van der Waals surface area contributed by atoms with Gasteiger partial charge in [0.25, 0.3) is 5.91 Å². The van der Waals surface area contributed by atoms with Crippen LogP contribution in [-0.4, -0.2) is 27.1 Å². The van der Waals surface area contributed by atoms with Crippen molar-refractivity contribution in [3.63, 3.8) is 0 Å². The van der Waals surface area contributed by atoms with Gasteiger partial charge in [-0.05, 0) is 54.0 Å². The first-order chi connectivity index (χ1) is 15.7. The topological polar surface area (TPSA) is 66.5 Å². The molecule has 0 unspecified atom stereocenters. The summed E-state index contributed by atoms with van der Waals surface area (Å²) in [4.78, 5) is 12.6. The summed E-state index contributed by atoms with van der Waals surface area (Å²) in [5.41, 5.74) is 4.26. The molecule has 2 rings (SSSR count). The quantitative estimate of drug-likeness (QED) is 0.405. The van der Waals surface area contributed by atoms with Gasteiger partial charge in [0.2, 0.25) is 10.0 Å². The summed E-state index contributed by atoms with van der Waals surface area (Å²) in [5, 5.41) is 3.05. The molecule has 0 bridgehead atoms. The minimum absolute atomic E-state index is 0.0823. The van der Waals surface area contributed by atoms with Crippen molar-refractivity contribution in [3.8, 4) is 0 Å². The summed E-state index contributed by atoms with van der Waals surface area (Å²) in [7, 11) is -3.48. The van der Waals surface area contributed by atoms with Crippen molar-refractivity contribution in [2.45, 2.75) is 72.8 Å². The lowest BCUT2D eigenvalue weighted by molar-refractivity contribution is 0.0946. The normalized spacial score (nSPS) is 12.4. The van der Waals surface area contributed by atoms with Crippen LogP contribution in [0.15, 0.2) is 42.5 Å². The van der Waals surface area contributed by atoms with Crippen LogP contribution in [-0.2, 0) is 29.4 Å². The first-order valence-electron chi connectivity index (χ1n) is 12.2. The van der Waals surface area contributed by atoms with Gasteiger partial charge in [0, 0.05) is 12.1 Å². The first-order valence-corrected chi connectivity index (χ1v) is 14.0. The van der Waals surface area contributed by atoms with E-state index in [-0.39, 0.29) is 12.5 Å². The maximum absolute atomic E-state index is 12.8. The number of carbonyl (C=O) groups is 1. The number of carbonyl (C=O) groups excluding carboxylic acids is 1. The van der Waals surface area contributed by atoms with Gasteiger partial charge in [0.1, 0.15) is 0 Å². The second-order valence-electron chi connectivity index (χ2n) is 8.73. The zero-order valence-electron chi connectivity index (χ0n) is 20.9. The first kappa shape index (κ1) is 26.9. The number of aryl methyl sites for hydroxylation is 2. The third kappa shape index (κ3) is 7.60. The predicted molar refractivity (Wildman–Crippen MR) is 138 cm³/mol. The Balaban J connectivity index is 2.19. The fourth-order valence-electron chi connectivity index (χ4n) is 4.11. The monoisotopic (exact) mass is 472 g/mol. The van der Waals surface area contributed by atoms with Crippen molar-refractivity contribution in [2.75, 3.05) is 17.1 Å². The van der Waals surface area contributed by atoms with Crippen LogP contribution in [0.4, 0.5) is 5.69 Å². The highest BCUT2D eigenvalue weighted by molar-refractivity contribution is 7.92. The largest absolute Gasteiger partial charge is 0.352 e. The smallest absolute Gasteiger partial charge is 0.251 e. The van der Waals surface area contributed by atoms with Crippen molar-refractivity contribution >= 4 is 21.6 Å². The molecule has 0 radical (unpaired) electrons. The van der Waals surface area contributed by atoms with Crippen LogP contribution in [0.5, 0.6) is 0 Å². The Kier molecular flexibility index (Phi) is 10.4. The Morgan fingerprint density at radius 3 is 2.06 bits per heavy atom. The number of nitrogens with one attached hydrogen (secondary N) is 1. The summed E-state index contributed by atoms with van der Waals surface area (Å²) in [5.74, 6) is 0.420. The lowest BCUT2D eigenvalue weighted by Crippen LogP contribution is -2.31. The number of unbranched alkanes of at least 4 members (excludes halogenated alkanes) is 1. The van der Waals surface area contributed by atoms with Crippen LogP contribution >= 0.6 is 0 Å². The number of anilines is 1. The van der Waals surface area contributed by atoms with Gasteiger partial charge < -0.3 is 5.32 Å². The molecule has 33 heavy (non-hydrogen) atoms. The average Bonchev–Trinajstić information content (AvgIpc) is 2.81. The average molecular weight is 473 g/mol. The lowest BCUT2D eigenvalue weighted by Gasteiger charge is -2.27. The number of amides is 1. The molecule has 0 aliphatic carbocycles. The number of para-hydroxylation sites is 1. The molecule has 0 spiro atoms. The number of benzene rings is 2. The number of nitrogens with zero attached hydrogens (tertiary/aromatic N) is 1. The standard InChI is InChI=1S/C27H40N2O3S/c1-6-10-12-21(7-2)19-28-27(30)25-17-15-22(16-18-25)20-29(33(5,31)32)26-23(8-3)13-11-14-24(26)9-4/h11,13-18,21H,6-10,12,19-20H2,1-5H3,(H,28,30)/t21-/m1/s1. The Morgan fingerprint density at radius 2 is 1.58 bits per heavy atom. The maximum atomic E-state index is 12.8. The summed E-state index contributed by atoms with van der Waals surface area (Å²) < 4.78 is 27.0. The van der Waals surface area contributed by atoms with Crippen LogP contribution in [0.1, 0.15) is 80.4 Å². The van der Waals surface area contributed by atoms with E-state index >= 15 is 0 Å². The second kappa shape index (κ2) is 12.8. The lowest BCUT2D eigenvalue weighted by atomic mass is 9.99. The molecular weight excluding hydrogens is 432 g/mol. The highest BCUT2D eigenvalue weighted by Crippen LogP contribution is 2.30. The van der Waals surface area contributed by atoms with E-state index in [1.54, 1.807) is 12.1 Å². The van der Waals surface area contributed by atoms with Gasteiger partial charge in [-0.25, -0.2) is 8.42 Å². The minimum Gasteiger partial charge on any atom is -0.352 e. The zero-order valence-corrected chi connectivity index (χ0v) is 21.7. The third-order valence-corrected chi connectivity index (χ3v) is 7.36. The fraction of sp³-hybridized carbons (Fsp3) is 0.519. The molecule has 0 fully saturated rings. The van der Waals surface area contributed by atoms with E-state index in [0.717, 1.165) is 48.1 Å². The van der Waals surface area contributed by atoms with Crippen molar-refractivity contribution < 1.29 is 13.2 Å². The molecule has 0 saturated heterocycles. The van der Waals surface area contributed by atoms with Gasteiger partial charge in [0.15, 0.2) is 0 Å². The summed E-state index contributed by atoms with van der Waals surface area (Å²) >= 11 is 0. The van der Waals surface area contributed by atoms with Gasteiger partial charge in [-0.15, -0.1) is 0 Å². The number of rotatable bonds is 13. The number of hydrogen-bond donors (Lipinski definition) is 1. The van der Waals surface area contributed by atoms with E-state index in [2.05, 4.69) is 19.2 Å². The van der Waals surface area contributed by atoms with Gasteiger partial charge in [-0.2, -0.15) is 0 Å². The SMILES string of the molecule is CCCC[C@@H](CC)CNC(=O)c1ccc(CN(c2c(CC)cccc2CC)S(C)(=O)=O)cc1. The van der Waals surface area contributed by atoms with E-state index in [1.165, 1.54) is 23.4 Å². The van der Waals surface area contributed by atoms with Gasteiger partial charge in [-0.1, -0.05) is 77.3 Å². The van der Waals surface area contributed by atoms with E-state index in [4.69, 9.17) is 0 Å². The van der Waals surface area contributed by atoms with Gasteiger partial charge in [-0.3, -0.25) is 9.10 Å². The highest BCUT2D eigenvalue weighted by Gasteiger charge is 2.23. The van der Waals surface area contributed by atoms with Crippen LogP contribution in [0.2, 0.25) is 0 Å². The molecule has 0 heterocycles. The molecule has 2 aromatic carbocycles. The minimum atomic E-state index is -3.48. The van der Waals surface area contributed by atoms with Crippen molar-refractivity contribution in [2.24, 2.45) is 5.92 Å². The van der Waals surface area contributed by atoms with Gasteiger partial charge in [0.05, 0.1) is 18.5 Å². The molecule has 1 amide bonds. The van der Waals surface area contributed by atoms with Crippen molar-refractivity contribution in [1.29, 1.82) is 0 Å². The molecule has 1 N–H and O–H groups in total. The third-order valence-electron chi connectivity index (χ3n) is 6.25. The van der Waals surface area contributed by atoms with E-state index in [0.29, 0.717) is 18.0 Å². The fourth-order valence-corrected chi connectivity index (χ4v) is 5.06. The van der Waals surface area contributed by atoms with Crippen LogP contribution < -0.4 is 9.62 Å². The molecule has 0 aliphatic rings. The Labute approximate surface area is 200 Å².